The van der Waals surface area contributed by atoms with Crippen LogP contribution in [0.5, 0.6) is 0 Å². The Bertz CT molecular complexity index is 1340. The summed E-state index contributed by atoms with van der Waals surface area (Å²) < 4.78 is 60.2. The Balaban J connectivity index is 1.81. The number of rotatable bonds is 4. The first-order valence-electron chi connectivity index (χ1n) is 15.1. The minimum atomic E-state index is -4.48. The molecule has 3 heterocycles. The molecule has 5 nitrogen and oxygen atoms in total. The zero-order valence-corrected chi connectivity index (χ0v) is 27.5. The number of benzene rings is 1. The SMILES string of the molecule is CC(C)c1nc2c(c3c1C(O)(c1ccc(C(F)(F)F)cc1)OC31CCOCC1)[C@@H](O[Si](C)(C)C(C)(C)C)CC(C)(C)C2. The van der Waals surface area contributed by atoms with E-state index < -0.39 is 31.4 Å². The van der Waals surface area contributed by atoms with E-state index in [9.17, 15) is 18.3 Å². The number of alkyl halides is 3. The molecule has 2 aliphatic heterocycles. The zero-order chi connectivity index (χ0) is 31.1. The second kappa shape index (κ2) is 10.1. The lowest BCUT2D eigenvalue weighted by Gasteiger charge is -2.46. The lowest BCUT2D eigenvalue weighted by molar-refractivity contribution is -0.251. The summed E-state index contributed by atoms with van der Waals surface area (Å²) in [6, 6.07) is 4.69. The normalized spacial score (nSPS) is 25.5. The fourth-order valence-corrected chi connectivity index (χ4v) is 7.94. The molecule has 5 rings (SSSR count). The van der Waals surface area contributed by atoms with Crippen LogP contribution in [0.4, 0.5) is 13.2 Å². The predicted octanol–water partition coefficient (Wildman–Crippen LogP) is 8.49. The van der Waals surface area contributed by atoms with Gasteiger partial charge < -0.3 is 19.0 Å². The minimum Gasteiger partial charge on any atom is -0.410 e. The molecule has 1 fully saturated rings. The number of hydrogen-bond donors (Lipinski definition) is 1. The second-order valence-corrected chi connectivity index (χ2v) is 19.9. The van der Waals surface area contributed by atoms with Crippen molar-refractivity contribution in [3.05, 3.63) is 63.5 Å². The van der Waals surface area contributed by atoms with E-state index in [0.717, 1.165) is 47.5 Å². The standard InChI is InChI=1S/C33H46F3NO4Si/c1-20(2)28-27-26(25-23(37-28)18-30(6,7)19-24(25)40-42(8,9)29(3,4)5)31(14-16-39-17-15-31)41-32(27,38)21-10-12-22(13-11-21)33(34,35)36/h10-13,20,24,38H,14-19H2,1-9H3/t24-,32?/m0/s1. The molecule has 0 saturated carbocycles. The van der Waals surface area contributed by atoms with Gasteiger partial charge in [-0.2, -0.15) is 13.2 Å². The molecule has 1 saturated heterocycles. The van der Waals surface area contributed by atoms with E-state index in [1.807, 2.05) is 13.8 Å². The molecule has 3 aliphatic rings. The van der Waals surface area contributed by atoms with Gasteiger partial charge in [-0.1, -0.05) is 60.6 Å². The van der Waals surface area contributed by atoms with Crippen molar-refractivity contribution in [2.45, 2.75) is 122 Å². The van der Waals surface area contributed by atoms with Crippen LogP contribution >= 0.6 is 0 Å². The molecule has 232 valence electrons. The number of nitrogens with zero attached hydrogens (tertiary/aromatic N) is 1. The van der Waals surface area contributed by atoms with Crippen LogP contribution in [0.1, 0.15) is 119 Å². The number of fused-ring (bicyclic) bond motifs is 4. The molecule has 0 bridgehead atoms. The van der Waals surface area contributed by atoms with Crippen molar-refractivity contribution in [3.8, 4) is 0 Å². The highest BCUT2D eigenvalue weighted by molar-refractivity contribution is 6.74. The van der Waals surface area contributed by atoms with Gasteiger partial charge in [-0.05, 0) is 54.4 Å². The number of aromatic nitrogens is 1. The van der Waals surface area contributed by atoms with Crippen molar-refractivity contribution in [2.75, 3.05) is 13.2 Å². The van der Waals surface area contributed by atoms with Gasteiger partial charge >= 0.3 is 6.18 Å². The Hall–Kier alpha value is -1.78. The van der Waals surface area contributed by atoms with Gasteiger partial charge in [-0.15, -0.1) is 0 Å². The Morgan fingerprint density at radius 2 is 1.62 bits per heavy atom. The summed E-state index contributed by atoms with van der Waals surface area (Å²) in [6.07, 6.45) is -2.13. The molecule has 1 N–H and O–H groups in total. The summed E-state index contributed by atoms with van der Waals surface area (Å²) in [5.74, 6) is -2.03. The summed E-state index contributed by atoms with van der Waals surface area (Å²) in [7, 11) is -2.24. The number of aliphatic hydroxyl groups is 1. The van der Waals surface area contributed by atoms with Gasteiger partial charge in [0.15, 0.2) is 8.32 Å². The third-order valence-corrected chi connectivity index (χ3v) is 14.4. The lowest BCUT2D eigenvalue weighted by Crippen LogP contribution is -2.45. The molecule has 1 aliphatic carbocycles. The summed E-state index contributed by atoms with van der Waals surface area (Å²) in [4.78, 5) is 5.26. The Labute approximate surface area is 249 Å². The average molecular weight is 606 g/mol. The molecule has 1 aromatic heterocycles. The minimum absolute atomic E-state index is 0.0168. The van der Waals surface area contributed by atoms with Gasteiger partial charge in [0.1, 0.15) is 5.60 Å². The Morgan fingerprint density at radius 3 is 2.14 bits per heavy atom. The topological polar surface area (TPSA) is 60.8 Å². The molecule has 42 heavy (non-hydrogen) atoms. The van der Waals surface area contributed by atoms with E-state index in [1.54, 1.807) is 0 Å². The van der Waals surface area contributed by atoms with E-state index in [4.69, 9.17) is 18.9 Å². The number of pyridine rings is 1. The van der Waals surface area contributed by atoms with Gasteiger partial charge in [-0.25, -0.2) is 0 Å². The predicted molar refractivity (Wildman–Crippen MR) is 159 cm³/mol. The third-order valence-electron chi connectivity index (χ3n) is 9.88. The smallest absolute Gasteiger partial charge is 0.410 e. The average Bonchev–Trinajstić information content (AvgIpc) is 3.10. The van der Waals surface area contributed by atoms with E-state index >= 15 is 0 Å². The van der Waals surface area contributed by atoms with Gasteiger partial charge in [-0.3, -0.25) is 4.98 Å². The molecule has 9 heteroatoms. The molecular formula is C33H46F3NO4Si. The van der Waals surface area contributed by atoms with E-state index in [1.165, 1.54) is 12.1 Å². The van der Waals surface area contributed by atoms with Gasteiger partial charge in [0.2, 0.25) is 5.79 Å². The highest BCUT2D eigenvalue weighted by atomic mass is 28.4. The van der Waals surface area contributed by atoms with Crippen LogP contribution in [0.25, 0.3) is 0 Å². The van der Waals surface area contributed by atoms with Crippen molar-refractivity contribution in [2.24, 2.45) is 5.41 Å². The first-order chi connectivity index (χ1) is 19.2. The van der Waals surface area contributed by atoms with Crippen molar-refractivity contribution in [1.29, 1.82) is 0 Å². The van der Waals surface area contributed by atoms with Crippen LogP contribution in [0, 0.1) is 5.41 Å². The molecule has 1 spiro atoms. The van der Waals surface area contributed by atoms with Crippen LogP contribution in [-0.4, -0.2) is 31.6 Å². The van der Waals surface area contributed by atoms with E-state index in [-0.39, 0.29) is 28.0 Å². The van der Waals surface area contributed by atoms with Crippen LogP contribution in [0.15, 0.2) is 24.3 Å². The van der Waals surface area contributed by atoms with Crippen LogP contribution in [0.3, 0.4) is 0 Å². The fraction of sp³-hybridized carbons (Fsp3) is 0.667. The monoisotopic (exact) mass is 605 g/mol. The van der Waals surface area contributed by atoms with Gasteiger partial charge in [0.05, 0.1) is 17.4 Å². The Morgan fingerprint density at radius 1 is 1.02 bits per heavy atom. The van der Waals surface area contributed by atoms with Gasteiger partial charge in [0, 0.05) is 54.0 Å². The summed E-state index contributed by atoms with van der Waals surface area (Å²) in [5, 5.41) is 12.6. The van der Waals surface area contributed by atoms with Crippen molar-refractivity contribution in [1.82, 2.24) is 4.98 Å². The summed E-state index contributed by atoms with van der Waals surface area (Å²) >= 11 is 0. The van der Waals surface area contributed by atoms with Crippen LogP contribution in [-0.2, 0) is 37.9 Å². The zero-order valence-electron chi connectivity index (χ0n) is 26.5. The summed E-state index contributed by atoms with van der Waals surface area (Å²) in [6.45, 7) is 20.7. The van der Waals surface area contributed by atoms with Gasteiger partial charge in [0.25, 0.3) is 0 Å². The van der Waals surface area contributed by atoms with Crippen molar-refractivity contribution >= 4 is 8.32 Å². The molecule has 0 amide bonds. The van der Waals surface area contributed by atoms with E-state index in [2.05, 4.69) is 47.7 Å². The molecular weight excluding hydrogens is 559 g/mol. The number of halogens is 3. The fourth-order valence-electron chi connectivity index (χ4n) is 6.67. The molecule has 0 radical (unpaired) electrons. The quantitative estimate of drug-likeness (QED) is 0.354. The number of ether oxygens (including phenoxy) is 2. The highest BCUT2D eigenvalue weighted by Crippen LogP contribution is 2.60. The first-order valence-corrected chi connectivity index (χ1v) is 18.1. The maximum absolute atomic E-state index is 13.5. The van der Waals surface area contributed by atoms with Crippen LogP contribution < -0.4 is 0 Å². The molecule has 2 atom stereocenters. The molecule has 2 aromatic rings. The first kappa shape index (κ1) is 31.6. The molecule has 1 unspecified atom stereocenters. The molecule has 1 aromatic carbocycles. The van der Waals surface area contributed by atoms with E-state index in [0.29, 0.717) is 31.6 Å². The summed E-state index contributed by atoms with van der Waals surface area (Å²) in [5.41, 5.74) is 2.75. The van der Waals surface area contributed by atoms with Crippen LogP contribution in [0.2, 0.25) is 18.1 Å². The Kier molecular flexibility index (Phi) is 7.63. The lowest BCUT2D eigenvalue weighted by atomic mass is 9.69. The maximum Gasteiger partial charge on any atom is 0.416 e. The third kappa shape index (κ3) is 5.27. The second-order valence-electron chi connectivity index (χ2n) is 15.1. The highest BCUT2D eigenvalue weighted by Gasteiger charge is 2.59. The maximum atomic E-state index is 13.5. The van der Waals surface area contributed by atoms with Crippen molar-refractivity contribution < 1.29 is 32.2 Å². The van der Waals surface area contributed by atoms with Crippen molar-refractivity contribution in [3.63, 3.8) is 0 Å². The largest absolute Gasteiger partial charge is 0.416 e. The number of hydrogen-bond acceptors (Lipinski definition) is 5.